The Balaban J connectivity index is 2.25. The minimum Gasteiger partial charge on any atom is -0.478 e. The molecule has 4 nitrogen and oxygen atoms in total. The van der Waals surface area contributed by atoms with E-state index in [9.17, 15) is 4.79 Å². The van der Waals surface area contributed by atoms with Crippen LogP contribution in [0.5, 0.6) is 0 Å². The highest BCUT2D eigenvalue weighted by Crippen LogP contribution is 2.14. The average molecular weight is 213 g/mol. The maximum absolute atomic E-state index is 10.6. The number of hydrogen-bond acceptors (Lipinski definition) is 3. The third-order valence-corrected chi connectivity index (χ3v) is 2.59. The minimum atomic E-state index is -0.915. The van der Waals surface area contributed by atoms with Crippen LogP contribution in [-0.2, 0) is 9.53 Å². The number of rotatable bonds is 5. The molecule has 0 aromatic rings. The summed E-state index contributed by atoms with van der Waals surface area (Å²) in [6.45, 7) is 6.48. The first-order chi connectivity index (χ1) is 7.09. The average Bonchev–Trinajstić information content (AvgIpc) is 2.18. The maximum Gasteiger partial charge on any atom is 0.332 e. The van der Waals surface area contributed by atoms with Crippen LogP contribution in [0.3, 0.4) is 0 Å². The van der Waals surface area contributed by atoms with Crippen molar-refractivity contribution in [3.8, 4) is 0 Å². The Morgan fingerprint density at radius 2 is 2.40 bits per heavy atom. The lowest BCUT2D eigenvalue weighted by Gasteiger charge is -2.26. The standard InChI is InChI=1S/C11H19NO3/c1-9(11(13)14)6-12(2)7-10-4-3-5-15-8-10/h10H,1,3-8H2,2H3,(H,13,14). The van der Waals surface area contributed by atoms with E-state index >= 15 is 0 Å². The van der Waals surface area contributed by atoms with E-state index in [0.29, 0.717) is 12.5 Å². The molecule has 1 aliphatic rings. The lowest BCUT2D eigenvalue weighted by atomic mass is 10.0. The van der Waals surface area contributed by atoms with Crippen LogP contribution in [0.25, 0.3) is 0 Å². The van der Waals surface area contributed by atoms with Gasteiger partial charge in [-0.3, -0.25) is 0 Å². The van der Waals surface area contributed by atoms with Gasteiger partial charge in [-0.1, -0.05) is 6.58 Å². The van der Waals surface area contributed by atoms with Crippen molar-refractivity contribution >= 4 is 5.97 Å². The summed E-state index contributed by atoms with van der Waals surface area (Å²) >= 11 is 0. The van der Waals surface area contributed by atoms with E-state index in [0.717, 1.165) is 26.2 Å². The van der Waals surface area contributed by atoms with Gasteiger partial charge in [0.15, 0.2) is 0 Å². The van der Waals surface area contributed by atoms with Crippen molar-refractivity contribution in [1.82, 2.24) is 4.90 Å². The summed E-state index contributed by atoms with van der Waals surface area (Å²) in [5.41, 5.74) is 0.245. The molecule has 0 amide bonds. The Labute approximate surface area is 90.5 Å². The number of likely N-dealkylation sites (N-methyl/N-ethyl adjacent to an activating group) is 1. The first-order valence-corrected chi connectivity index (χ1v) is 5.27. The second-order valence-electron chi connectivity index (χ2n) is 4.19. The largest absolute Gasteiger partial charge is 0.478 e. The highest BCUT2D eigenvalue weighted by Gasteiger charge is 2.17. The van der Waals surface area contributed by atoms with Crippen LogP contribution in [0.4, 0.5) is 0 Å². The monoisotopic (exact) mass is 213 g/mol. The summed E-state index contributed by atoms with van der Waals surface area (Å²) in [7, 11) is 1.92. The molecule has 1 atom stereocenters. The molecule has 1 N–H and O–H groups in total. The van der Waals surface area contributed by atoms with Crippen LogP contribution in [0.15, 0.2) is 12.2 Å². The summed E-state index contributed by atoms with van der Waals surface area (Å²) in [5.74, 6) is -0.382. The highest BCUT2D eigenvalue weighted by molar-refractivity contribution is 5.86. The summed E-state index contributed by atoms with van der Waals surface area (Å²) in [6.07, 6.45) is 2.28. The normalized spacial score (nSPS) is 21.6. The van der Waals surface area contributed by atoms with Gasteiger partial charge in [-0.15, -0.1) is 0 Å². The van der Waals surface area contributed by atoms with Gasteiger partial charge in [0.25, 0.3) is 0 Å². The zero-order chi connectivity index (χ0) is 11.3. The van der Waals surface area contributed by atoms with E-state index in [1.807, 2.05) is 11.9 Å². The van der Waals surface area contributed by atoms with Crippen LogP contribution in [0.1, 0.15) is 12.8 Å². The van der Waals surface area contributed by atoms with E-state index in [-0.39, 0.29) is 5.57 Å². The molecule has 15 heavy (non-hydrogen) atoms. The topological polar surface area (TPSA) is 49.8 Å². The van der Waals surface area contributed by atoms with E-state index in [4.69, 9.17) is 9.84 Å². The van der Waals surface area contributed by atoms with Crippen LogP contribution in [0, 0.1) is 5.92 Å². The van der Waals surface area contributed by atoms with Crippen molar-refractivity contribution in [2.45, 2.75) is 12.8 Å². The minimum absolute atomic E-state index is 0.245. The van der Waals surface area contributed by atoms with Gasteiger partial charge in [-0.2, -0.15) is 0 Å². The van der Waals surface area contributed by atoms with Crippen molar-refractivity contribution < 1.29 is 14.6 Å². The number of carboxylic acid groups (broad SMARTS) is 1. The van der Waals surface area contributed by atoms with Crippen molar-refractivity contribution in [3.63, 3.8) is 0 Å². The molecule has 0 spiro atoms. The molecule has 0 aromatic heterocycles. The van der Waals surface area contributed by atoms with E-state index < -0.39 is 5.97 Å². The van der Waals surface area contributed by atoms with Gasteiger partial charge in [-0.05, 0) is 25.8 Å². The van der Waals surface area contributed by atoms with Gasteiger partial charge in [0.2, 0.25) is 0 Å². The Morgan fingerprint density at radius 1 is 1.67 bits per heavy atom. The number of ether oxygens (including phenoxy) is 1. The van der Waals surface area contributed by atoms with Gasteiger partial charge < -0.3 is 14.7 Å². The molecule has 0 aliphatic carbocycles. The van der Waals surface area contributed by atoms with E-state index in [1.54, 1.807) is 0 Å². The van der Waals surface area contributed by atoms with Crippen molar-refractivity contribution in [1.29, 1.82) is 0 Å². The molecule has 0 saturated carbocycles. The molecular weight excluding hydrogens is 194 g/mol. The number of hydrogen-bond donors (Lipinski definition) is 1. The van der Waals surface area contributed by atoms with Crippen LogP contribution < -0.4 is 0 Å². The lowest BCUT2D eigenvalue weighted by Crippen LogP contribution is -2.32. The van der Waals surface area contributed by atoms with Crippen LogP contribution in [-0.4, -0.2) is 49.3 Å². The summed E-state index contributed by atoms with van der Waals surface area (Å²) in [6, 6.07) is 0. The second kappa shape index (κ2) is 5.88. The molecule has 1 saturated heterocycles. The van der Waals surface area contributed by atoms with Crippen molar-refractivity contribution in [2.24, 2.45) is 5.92 Å². The number of nitrogens with zero attached hydrogens (tertiary/aromatic N) is 1. The third-order valence-electron chi connectivity index (χ3n) is 2.59. The summed E-state index contributed by atoms with van der Waals surface area (Å²) in [4.78, 5) is 12.6. The van der Waals surface area contributed by atoms with Crippen LogP contribution >= 0.6 is 0 Å². The predicted octanol–water partition coefficient (Wildman–Crippen LogP) is 0.986. The Kier molecular flexibility index (Phi) is 4.78. The quantitative estimate of drug-likeness (QED) is 0.692. The van der Waals surface area contributed by atoms with E-state index in [1.165, 1.54) is 6.42 Å². The first kappa shape index (κ1) is 12.2. The van der Waals surface area contributed by atoms with Crippen LogP contribution in [0.2, 0.25) is 0 Å². The fourth-order valence-electron chi connectivity index (χ4n) is 1.85. The molecule has 0 radical (unpaired) electrons. The number of carbonyl (C=O) groups is 1. The van der Waals surface area contributed by atoms with Gasteiger partial charge in [-0.25, -0.2) is 4.79 Å². The third kappa shape index (κ3) is 4.44. The Hall–Kier alpha value is -0.870. The molecule has 86 valence electrons. The SMILES string of the molecule is C=C(CN(C)CC1CCCOC1)C(=O)O. The van der Waals surface area contributed by atoms with Crippen molar-refractivity contribution in [2.75, 3.05) is 33.4 Å². The summed E-state index contributed by atoms with van der Waals surface area (Å²) < 4.78 is 5.37. The Morgan fingerprint density at radius 3 is 2.93 bits per heavy atom. The molecule has 1 rings (SSSR count). The van der Waals surface area contributed by atoms with Gasteiger partial charge in [0.05, 0.1) is 6.61 Å². The van der Waals surface area contributed by atoms with Gasteiger partial charge in [0.1, 0.15) is 0 Å². The molecule has 1 unspecified atom stereocenters. The molecular formula is C11H19NO3. The van der Waals surface area contributed by atoms with E-state index in [2.05, 4.69) is 6.58 Å². The zero-order valence-electron chi connectivity index (χ0n) is 9.24. The summed E-state index contributed by atoms with van der Waals surface area (Å²) in [5, 5.41) is 8.69. The number of carboxylic acids is 1. The van der Waals surface area contributed by atoms with Gasteiger partial charge in [0, 0.05) is 25.3 Å². The second-order valence-corrected chi connectivity index (χ2v) is 4.19. The Bertz CT molecular complexity index is 234. The maximum atomic E-state index is 10.6. The molecule has 0 bridgehead atoms. The molecule has 1 fully saturated rings. The zero-order valence-corrected chi connectivity index (χ0v) is 9.24. The molecule has 0 aromatic carbocycles. The molecule has 4 heteroatoms. The smallest absolute Gasteiger partial charge is 0.332 e. The first-order valence-electron chi connectivity index (χ1n) is 5.27. The molecule has 1 heterocycles. The predicted molar refractivity (Wildman–Crippen MR) is 57.8 cm³/mol. The fourth-order valence-corrected chi connectivity index (χ4v) is 1.85. The van der Waals surface area contributed by atoms with Crippen molar-refractivity contribution in [3.05, 3.63) is 12.2 Å². The molecule has 1 aliphatic heterocycles. The highest BCUT2D eigenvalue weighted by atomic mass is 16.5. The number of aliphatic carboxylic acids is 1. The fraction of sp³-hybridized carbons (Fsp3) is 0.727. The van der Waals surface area contributed by atoms with Gasteiger partial charge >= 0.3 is 5.97 Å². The lowest BCUT2D eigenvalue weighted by molar-refractivity contribution is -0.132.